The molecule has 13 heteroatoms. The van der Waals surface area contributed by atoms with Crippen LogP contribution < -0.4 is 29.1 Å². The summed E-state index contributed by atoms with van der Waals surface area (Å²) in [5, 5.41) is 1.75. The van der Waals surface area contributed by atoms with Crippen LogP contribution in [0.2, 0.25) is 0 Å². The largest absolute Gasteiger partial charge is 0.457 e. The molecule has 23 rings (SSSR count). The molecule has 139 heavy (non-hydrogen) atoms. The van der Waals surface area contributed by atoms with Crippen molar-refractivity contribution in [2.75, 3.05) is 19.6 Å². The molecule has 0 saturated carbocycles. The Morgan fingerprint density at radius 1 is 0.216 bits per heavy atom. The summed E-state index contributed by atoms with van der Waals surface area (Å²) in [6.45, 7) is 7.78. The first kappa shape index (κ1) is 85.3. The van der Waals surface area contributed by atoms with Gasteiger partial charge in [0.05, 0.1) is 10.8 Å². The number of fused-ring (bicyclic) bond motifs is 9. The number of anilines is 12. The predicted octanol–water partition coefficient (Wildman–Crippen LogP) is 35.2. The summed E-state index contributed by atoms with van der Waals surface area (Å²) in [6, 6.07) is 145. The molecule has 1 heterocycles. The van der Waals surface area contributed by atoms with Gasteiger partial charge in [-0.05, 0) is 344 Å². The molecule has 2 atom stereocenters. The molecule has 2 unspecified atom stereocenters. The van der Waals surface area contributed by atoms with Gasteiger partial charge < -0.3 is 33.5 Å². The van der Waals surface area contributed by atoms with Crippen molar-refractivity contribution in [3.8, 4) is 67.5 Å². The Bertz CT molecular complexity index is 7770. The molecule has 666 valence electrons. The van der Waals surface area contributed by atoms with Crippen molar-refractivity contribution >= 4 is 102 Å². The molecule has 0 saturated heterocycles. The lowest BCUT2D eigenvalue weighted by atomic mass is 9.67. The molecular weight excluding hydrogens is 1730 g/mol. The van der Waals surface area contributed by atoms with Gasteiger partial charge in [-0.3, -0.25) is 0 Å². The molecule has 0 spiro atoms. The Morgan fingerprint density at radius 2 is 0.453 bits per heavy atom. The molecule has 1 aromatic heterocycles. The van der Waals surface area contributed by atoms with Crippen LogP contribution in [0.4, 0.5) is 94.6 Å². The summed E-state index contributed by atoms with van der Waals surface area (Å²) < 4.78 is 114. The zero-order chi connectivity index (χ0) is 94.0. The quantitative estimate of drug-likeness (QED) is 0.0559. The summed E-state index contributed by atoms with van der Waals surface area (Å²) in [4.78, 5) is 8.31. The second-order valence-corrected chi connectivity index (χ2v) is 34.7. The van der Waals surface area contributed by atoms with Crippen molar-refractivity contribution in [1.29, 1.82) is 0 Å². The van der Waals surface area contributed by atoms with Crippen LogP contribution in [0.15, 0.2) is 479 Å². The molecule has 0 N–H and O–H groups in total. The highest BCUT2D eigenvalue weighted by Gasteiger charge is 2.50. The van der Waals surface area contributed by atoms with E-state index < -0.39 is 10.8 Å². The number of rotatable bonds is 24. The highest BCUT2D eigenvalue weighted by molar-refractivity contribution is 6.08. The second kappa shape index (κ2) is 35.5. The van der Waals surface area contributed by atoms with Crippen molar-refractivity contribution in [2.24, 2.45) is 0 Å². The van der Waals surface area contributed by atoms with E-state index in [1.807, 2.05) is 231 Å². The molecule has 0 radical (unpaired) electrons. The average molecular weight is 1810 g/mol. The van der Waals surface area contributed by atoms with Crippen LogP contribution in [0.1, 0.15) is 55.6 Å². The number of hydrogen-bond donors (Lipinski definition) is 0. The average Bonchev–Trinajstić information content (AvgIpc) is 1.54. The van der Waals surface area contributed by atoms with Crippen LogP contribution >= 0.6 is 0 Å². The summed E-state index contributed by atoms with van der Waals surface area (Å²) in [6.07, 6.45) is 3.57. The van der Waals surface area contributed by atoms with E-state index >= 15 is 17.6 Å². The van der Waals surface area contributed by atoms with Gasteiger partial charge in [-0.1, -0.05) is 219 Å². The minimum Gasteiger partial charge on any atom is -0.457 e. The molecule has 2 aliphatic rings. The van der Waals surface area contributed by atoms with Crippen molar-refractivity contribution in [1.82, 2.24) is 0 Å². The summed E-state index contributed by atoms with van der Waals surface area (Å²) >= 11 is 0. The number of halogens is 6. The van der Waals surface area contributed by atoms with Crippen molar-refractivity contribution < 1.29 is 40.2 Å². The lowest BCUT2D eigenvalue weighted by molar-refractivity contribution is 0.482. The van der Waals surface area contributed by atoms with Crippen molar-refractivity contribution in [2.45, 2.75) is 10.8 Å². The fourth-order valence-electron chi connectivity index (χ4n) is 20.4. The first-order valence-electron chi connectivity index (χ1n) is 45.8. The molecule has 0 aliphatic heterocycles. The number of ether oxygens (including phenoxy) is 2. The van der Waals surface area contributed by atoms with Gasteiger partial charge in [-0.2, -0.15) is 0 Å². The van der Waals surface area contributed by atoms with Crippen LogP contribution in [-0.4, -0.2) is 0 Å². The predicted molar refractivity (Wildman–Crippen MR) is 551 cm³/mol. The maximum Gasteiger partial charge on any atom is 0.137 e. The first-order valence-corrected chi connectivity index (χ1v) is 45.8. The van der Waals surface area contributed by atoms with Gasteiger partial charge in [0.2, 0.25) is 0 Å². The van der Waals surface area contributed by atoms with E-state index in [-0.39, 0.29) is 34.9 Å². The SMILES string of the molecule is C=Cc1ccc(Oc2ccc(C3(c4ccccc4F)c4ccccc4-c4ccc(N(c5ccc(F)cc5)c5ccc(-c6ccc(N(c7ccc(F)cc7)c7ccc8c(c7)oc7cc(N(c9ccc(F)cc9)c9ccc(-c%10ccc(N(c%11ccc(F)cc%11)c%11ccc%12c(c%11)C(c%11ccc(Oc%13ccc(C=C)cc%13)cc%11)(c%11ccccc%11F)c%11ccccc%11-%12)cc%10)cc9)ccc78)cc6)cc5)cc43)cc2)cc1. The molecule has 0 fully saturated rings. The minimum atomic E-state index is -1.13. The van der Waals surface area contributed by atoms with Gasteiger partial charge in [0.1, 0.15) is 69.1 Å². The third-order valence-corrected chi connectivity index (χ3v) is 26.9. The van der Waals surface area contributed by atoms with Gasteiger partial charge in [0, 0.05) is 102 Å². The van der Waals surface area contributed by atoms with Crippen LogP contribution in [0.3, 0.4) is 0 Å². The van der Waals surface area contributed by atoms with E-state index in [0.717, 1.165) is 145 Å². The maximum atomic E-state index is 17.1. The molecule has 2 aliphatic carbocycles. The smallest absolute Gasteiger partial charge is 0.137 e. The number of nitrogens with zero attached hydrogens (tertiary/aromatic N) is 4. The van der Waals surface area contributed by atoms with E-state index in [4.69, 9.17) is 13.9 Å². The van der Waals surface area contributed by atoms with Gasteiger partial charge in [-0.25, -0.2) is 26.3 Å². The van der Waals surface area contributed by atoms with Crippen molar-refractivity contribution in [3.05, 3.63) is 565 Å². The highest BCUT2D eigenvalue weighted by atomic mass is 19.1. The van der Waals surface area contributed by atoms with E-state index in [1.54, 1.807) is 72.8 Å². The third-order valence-electron chi connectivity index (χ3n) is 26.9. The normalized spacial score (nSPS) is 13.8. The van der Waals surface area contributed by atoms with Crippen LogP contribution in [0.5, 0.6) is 23.0 Å². The van der Waals surface area contributed by atoms with E-state index in [9.17, 15) is 8.78 Å². The van der Waals surface area contributed by atoms with Crippen LogP contribution in [0.25, 0.3) is 78.6 Å². The lowest BCUT2D eigenvalue weighted by Crippen LogP contribution is -2.30. The third kappa shape index (κ3) is 15.4. The zero-order valence-corrected chi connectivity index (χ0v) is 74.7. The Morgan fingerprint density at radius 3 is 0.741 bits per heavy atom. The fourth-order valence-corrected chi connectivity index (χ4v) is 20.4. The zero-order valence-electron chi connectivity index (χ0n) is 74.7. The van der Waals surface area contributed by atoms with E-state index in [1.165, 1.54) is 60.7 Å². The first-order chi connectivity index (χ1) is 68.2. The van der Waals surface area contributed by atoms with E-state index in [0.29, 0.717) is 68.0 Å². The van der Waals surface area contributed by atoms with Crippen LogP contribution in [-0.2, 0) is 10.8 Å². The van der Waals surface area contributed by atoms with Gasteiger partial charge in [-0.15, -0.1) is 0 Å². The molecule has 20 aromatic carbocycles. The summed E-state index contributed by atoms with van der Waals surface area (Å²) in [5.41, 5.74) is 23.8. The lowest BCUT2D eigenvalue weighted by Gasteiger charge is -2.35. The van der Waals surface area contributed by atoms with Gasteiger partial charge in [0.25, 0.3) is 0 Å². The maximum absolute atomic E-state index is 17.1. The molecule has 7 nitrogen and oxygen atoms in total. The van der Waals surface area contributed by atoms with E-state index in [2.05, 4.69) is 142 Å². The number of benzene rings is 20. The Kier molecular flexibility index (Phi) is 21.8. The van der Waals surface area contributed by atoms with Gasteiger partial charge >= 0.3 is 0 Å². The second-order valence-electron chi connectivity index (χ2n) is 34.7. The minimum absolute atomic E-state index is 0.357. The van der Waals surface area contributed by atoms with Crippen LogP contribution in [0, 0.1) is 34.9 Å². The van der Waals surface area contributed by atoms with Gasteiger partial charge in [0.15, 0.2) is 0 Å². The topological polar surface area (TPSA) is 44.6 Å². The van der Waals surface area contributed by atoms with Crippen molar-refractivity contribution in [3.63, 3.8) is 0 Å². The summed E-state index contributed by atoms with van der Waals surface area (Å²) in [7, 11) is 0. The number of hydrogen-bond acceptors (Lipinski definition) is 7. The standard InChI is InChI=1S/C126H82F6N4O3/c1-3-81-21-65-105(66-22-81)137-107-69-33-87(34-70-107)125(117-17-9-11-19-121(117)131)115-15-7-5-13-109(115)111-73-61-101(77-119(111)125)133(97-53-37-89(127)38-54-97)93-45-25-83(26-46-93)85-29-49-95(50-30-85)135(99-57-41-91(129)42-58-99)103-63-75-113-114-76-64-104(80-124(114)139-123(113)79-103)136(100-59-43-92(130)44-60-100)96-51-31-86(32-52-96)84-27-47-94(48-28-84)134(98-55-39-90(128)40-56-98)102-62-74-112-110-14-6-8-16-116(110)126(120(112)78-102,118-18-10-12-20-122(118)132)88-35-71-108(72-36-88)138-106-67-23-82(4-2)24-68-106/h3-80H,1-2H2. The molecular formula is C126H82F6N4O3. The highest BCUT2D eigenvalue weighted by Crippen LogP contribution is 2.61. The Hall–Kier alpha value is -17.9. The molecule has 0 bridgehead atoms. The molecule has 21 aromatic rings. The Balaban J connectivity index is 0.536. The monoisotopic (exact) mass is 1810 g/mol. The summed E-state index contributed by atoms with van der Waals surface area (Å²) in [5.74, 6) is 0.345. The molecule has 0 amide bonds. The number of furan rings is 1. The Labute approximate surface area is 800 Å². The fraction of sp³-hybridized carbons (Fsp3) is 0.0159.